The maximum absolute atomic E-state index is 13.8. The molecule has 0 saturated heterocycles. The second-order valence-electron chi connectivity index (χ2n) is 5.37. The van der Waals surface area contributed by atoms with Crippen molar-refractivity contribution in [3.05, 3.63) is 59.8 Å². The summed E-state index contributed by atoms with van der Waals surface area (Å²) in [5.74, 6) is -0.677. The van der Waals surface area contributed by atoms with Crippen LogP contribution in [-0.2, 0) is 13.1 Å². The van der Waals surface area contributed by atoms with Gasteiger partial charge in [-0.2, -0.15) is 5.10 Å². The van der Waals surface area contributed by atoms with Crippen LogP contribution in [-0.4, -0.2) is 32.6 Å². The van der Waals surface area contributed by atoms with Crippen molar-refractivity contribution in [3.8, 4) is 0 Å². The molecule has 0 N–H and O–H groups in total. The minimum absolute atomic E-state index is 0.213. The summed E-state index contributed by atoms with van der Waals surface area (Å²) in [7, 11) is 1.69. The summed E-state index contributed by atoms with van der Waals surface area (Å²) in [6.45, 7) is 3.21. The number of halogens is 1. The van der Waals surface area contributed by atoms with E-state index in [1.54, 1.807) is 47.1 Å². The normalized spacial score (nSPS) is 10.9. The number of hydrogen-bond donors (Lipinski definition) is 0. The molecular weight excluding hydrogens is 295 g/mol. The first-order chi connectivity index (χ1) is 11.1. The van der Waals surface area contributed by atoms with E-state index in [0.717, 1.165) is 12.1 Å². The fraction of sp³-hybridized carbons (Fsp3) is 0.235. The van der Waals surface area contributed by atoms with E-state index in [9.17, 15) is 9.18 Å². The lowest BCUT2D eigenvalue weighted by Crippen LogP contribution is -2.26. The van der Waals surface area contributed by atoms with Crippen LogP contribution in [0.3, 0.4) is 0 Å². The number of rotatable bonds is 4. The minimum Gasteiger partial charge on any atom is -0.336 e. The average Bonchev–Trinajstić information content (AvgIpc) is 3.02. The van der Waals surface area contributed by atoms with Gasteiger partial charge in [0.05, 0.1) is 6.20 Å². The Morgan fingerprint density at radius 1 is 1.30 bits per heavy atom. The number of carbonyl (C=O) groups is 1. The minimum atomic E-state index is -0.427. The quantitative estimate of drug-likeness (QED) is 0.744. The van der Waals surface area contributed by atoms with Crippen LogP contribution in [0.1, 0.15) is 23.0 Å². The Bertz CT molecular complexity index is 859. The maximum Gasteiger partial charge on any atom is 0.272 e. The SMILES string of the molecule is CCn1cc(CN(C)C(=O)c2ccc3cccc(F)c3n2)cn1. The molecule has 0 aliphatic carbocycles. The maximum atomic E-state index is 13.8. The van der Waals surface area contributed by atoms with Gasteiger partial charge in [-0.3, -0.25) is 9.48 Å². The molecule has 23 heavy (non-hydrogen) atoms. The first-order valence-electron chi connectivity index (χ1n) is 7.40. The molecule has 0 aliphatic heterocycles. The highest BCUT2D eigenvalue weighted by atomic mass is 19.1. The number of carbonyl (C=O) groups excluding carboxylic acids is 1. The Hall–Kier alpha value is -2.76. The van der Waals surface area contributed by atoms with Crippen molar-refractivity contribution in [2.45, 2.75) is 20.0 Å². The van der Waals surface area contributed by atoms with Crippen molar-refractivity contribution in [2.24, 2.45) is 0 Å². The average molecular weight is 312 g/mol. The Kier molecular flexibility index (Phi) is 4.06. The third kappa shape index (κ3) is 3.06. The third-order valence-electron chi connectivity index (χ3n) is 3.67. The Morgan fingerprint density at radius 2 is 2.13 bits per heavy atom. The summed E-state index contributed by atoms with van der Waals surface area (Å²) >= 11 is 0. The Balaban J connectivity index is 1.82. The van der Waals surface area contributed by atoms with Crippen molar-refractivity contribution >= 4 is 16.8 Å². The number of fused-ring (bicyclic) bond motifs is 1. The molecule has 0 radical (unpaired) electrons. The van der Waals surface area contributed by atoms with Gasteiger partial charge in [0, 0.05) is 37.3 Å². The van der Waals surface area contributed by atoms with Gasteiger partial charge in [0.15, 0.2) is 0 Å². The lowest BCUT2D eigenvalue weighted by Gasteiger charge is -2.16. The monoisotopic (exact) mass is 312 g/mol. The summed E-state index contributed by atoms with van der Waals surface area (Å²) in [6, 6.07) is 8.06. The van der Waals surface area contributed by atoms with Crippen LogP contribution in [0.5, 0.6) is 0 Å². The molecule has 5 nitrogen and oxygen atoms in total. The Labute approximate surface area is 133 Å². The van der Waals surface area contributed by atoms with Gasteiger partial charge in [0.2, 0.25) is 0 Å². The number of amides is 1. The van der Waals surface area contributed by atoms with Crippen molar-refractivity contribution in [2.75, 3.05) is 7.05 Å². The van der Waals surface area contributed by atoms with Gasteiger partial charge < -0.3 is 4.90 Å². The van der Waals surface area contributed by atoms with Crippen LogP contribution < -0.4 is 0 Å². The molecule has 0 fully saturated rings. The zero-order valence-corrected chi connectivity index (χ0v) is 13.0. The van der Waals surface area contributed by atoms with E-state index in [0.29, 0.717) is 11.9 Å². The van der Waals surface area contributed by atoms with Crippen LogP contribution in [0.15, 0.2) is 42.7 Å². The van der Waals surface area contributed by atoms with Gasteiger partial charge in [0.25, 0.3) is 5.91 Å². The van der Waals surface area contributed by atoms with Gasteiger partial charge in [-0.25, -0.2) is 9.37 Å². The number of aryl methyl sites for hydroxylation is 1. The topological polar surface area (TPSA) is 51.0 Å². The van der Waals surface area contributed by atoms with Crippen LogP contribution in [0, 0.1) is 5.82 Å². The van der Waals surface area contributed by atoms with Crippen LogP contribution in [0.25, 0.3) is 10.9 Å². The molecule has 2 heterocycles. The predicted molar refractivity (Wildman–Crippen MR) is 85.4 cm³/mol. The van der Waals surface area contributed by atoms with E-state index in [1.165, 1.54) is 6.07 Å². The van der Waals surface area contributed by atoms with Crippen LogP contribution >= 0.6 is 0 Å². The van der Waals surface area contributed by atoms with E-state index in [2.05, 4.69) is 10.1 Å². The number of aromatic nitrogens is 3. The standard InChI is InChI=1S/C17H17FN4O/c1-3-22-11-12(9-19-22)10-21(2)17(23)15-8-7-13-5-4-6-14(18)16(13)20-15/h4-9,11H,3,10H2,1-2H3. The number of pyridine rings is 1. The van der Waals surface area contributed by atoms with Crippen molar-refractivity contribution in [1.82, 2.24) is 19.7 Å². The number of nitrogens with zero attached hydrogens (tertiary/aromatic N) is 4. The van der Waals surface area contributed by atoms with Crippen LogP contribution in [0.2, 0.25) is 0 Å². The highest BCUT2D eigenvalue weighted by Gasteiger charge is 2.15. The van der Waals surface area contributed by atoms with Gasteiger partial charge in [-0.05, 0) is 19.1 Å². The van der Waals surface area contributed by atoms with Gasteiger partial charge in [-0.15, -0.1) is 0 Å². The van der Waals surface area contributed by atoms with Crippen molar-refractivity contribution in [3.63, 3.8) is 0 Å². The summed E-state index contributed by atoms with van der Waals surface area (Å²) < 4.78 is 15.6. The highest BCUT2D eigenvalue weighted by molar-refractivity contribution is 5.94. The molecule has 0 atom stereocenters. The fourth-order valence-corrected chi connectivity index (χ4v) is 2.43. The number of para-hydroxylation sites is 1. The summed E-state index contributed by atoms with van der Waals surface area (Å²) in [5.41, 5.74) is 1.38. The zero-order chi connectivity index (χ0) is 16.4. The second-order valence-corrected chi connectivity index (χ2v) is 5.37. The molecule has 1 aromatic carbocycles. The van der Waals surface area contributed by atoms with Crippen molar-refractivity contribution < 1.29 is 9.18 Å². The largest absolute Gasteiger partial charge is 0.336 e. The molecule has 0 spiro atoms. The molecule has 0 aliphatic rings. The molecule has 0 unspecified atom stereocenters. The fourth-order valence-electron chi connectivity index (χ4n) is 2.43. The first-order valence-corrected chi connectivity index (χ1v) is 7.40. The first kappa shape index (κ1) is 15.1. The third-order valence-corrected chi connectivity index (χ3v) is 3.67. The van der Waals surface area contributed by atoms with Crippen LogP contribution in [0.4, 0.5) is 4.39 Å². The molecular formula is C17H17FN4O. The molecule has 2 aromatic heterocycles. The molecule has 6 heteroatoms. The smallest absolute Gasteiger partial charge is 0.272 e. The Morgan fingerprint density at radius 3 is 2.87 bits per heavy atom. The van der Waals surface area contributed by atoms with E-state index in [1.807, 2.05) is 13.1 Å². The van der Waals surface area contributed by atoms with Crippen molar-refractivity contribution in [1.29, 1.82) is 0 Å². The van der Waals surface area contributed by atoms with Gasteiger partial charge in [0.1, 0.15) is 17.0 Å². The van der Waals surface area contributed by atoms with E-state index < -0.39 is 5.82 Å². The van der Waals surface area contributed by atoms with E-state index >= 15 is 0 Å². The molecule has 0 bridgehead atoms. The van der Waals surface area contributed by atoms with Gasteiger partial charge >= 0.3 is 0 Å². The lowest BCUT2D eigenvalue weighted by molar-refractivity contribution is 0.0779. The predicted octanol–water partition coefficient (Wildman–Crippen LogP) is 2.86. The molecule has 0 saturated carbocycles. The number of hydrogen-bond acceptors (Lipinski definition) is 3. The van der Waals surface area contributed by atoms with E-state index in [-0.39, 0.29) is 17.1 Å². The summed E-state index contributed by atoms with van der Waals surface area (Å²) in [6.07, 6.45) is 3.64. The molecule has 3 rings (SSSR count). The zero-order valence-electron chi connectivity index (χ0n) is 13.0. The van der Waals surface area contributed by atoms with E-state index in [4.69, 9.17) is 0 Å². The summed E-state index contributed by atoms with van der Waals surface area (Å²) in [5, 5.41) is 4.86. The molecule has 3 aromatic rings. The summed E-state index contributed by atoms with van der Waals surface area (Å²) in [4.78, 5) is 18.2. The second kappa shape index (κ2) is 6.16. The molecule has 118 valence electrons. The lowest BCUT2D eigenvalue weighted by atomic mass is 10.2. The highest BCUT2D eigenvalue weighted by Crippen LogP contribution is 2.17. The molecule has 1 amide bonds. The number of benzene rings is 1. The van der Waals surface area contributed by atoms with Gasteiger partial charge in [-0.1, -0.05) is 18.2 Å².